The Balaban J connectivity index is 1.53. The number of hydrogen-bond acceptors (Lipinski definition) is 7. The molecule has 3 aromatic rings. The second-order valence-electron chi connectivity index (χ2n) is 6.16. The van der Waals surface area contributed by atoms with Gasteiger partial charge in [-0.05, 0) is 31.2 Å². The zero-order valence-electron chi connectivity index (χ0n) is 14.4. The maximum atomic E-state index is 13.0. The predicted molar refractivity (Wildman–Crippen MR) is 99.2 cm³/mol. The van der Waals surface area contributed by atoms with E-state index >= 15 is 0 Å². The summed E-state index contributed by atoms with van der Waals surface area (Å²) in [6, 6.07) is 6.23. The molecule has 0 spiro atoms. The molecule has 0 radical (unpaired) electrons. The second-order valence-corrected chi connectivity index (χ2v) is 9.03. The third-order valence-corrected chi connectivity index (χ3v) is 7.21. The fourth-order valence-electron chi connectivity index (χ4n) is 2.91. The van der Waals surface area contributed by atoms with Gasteiger partial charge in [-0.15, -0.1) is 5.10 Å². The van der Waals surface area contributed by atoms with Crippen LogP contribution >= 0.6 is 11.3 Å². The summed E-state index contributed by atoms with van der Waals surface area (Å²) in [6.45, 7) is 3.18. The maximum Gasteiger partial charge on any atom is 0.275 e. The number of anilines is 1. The van der Waals surface area contributed by atoms with Crippen molar-refractivity contribution in [3.05, 3.63) is 52.2 Å². The summed E-state index contributed by atoms with van der Waals surface area (Å²) in [5.41, 5.74) is 0.392. The van der Waals surface area contributed by atoms with Crippen molar-refractivity contribution in [2.24, 2.45) is 0 Å². The van der Waals surface area contributed by atoms with Crippen LogP contribution in [0.25, 0.3) is 4.96 Å². The quantitative estimate of drug-likeness (QED) is 0.644. The van der Waals surface area contributed by atoms with Gasteiger partial charge in [-0.3, -0.25) is 4.79 Å². The fourth-order valence-corrected chi connectivity index (χ4v) is 5.34. The highest BCUT2D eigenvalue weighted by atomic mass is 32.2. The Bertz CT molecular complexity index is 1150. The molecule has 11 heteroatoms. The molecule has 0 atom stereocenters. The van der Waals surface area contributed by atoms with Gasteiger partial charge in [0.1, 0.15) is 5.82 Å². The van der Waals surface area contributed by atoms with Gasteiger partial charge in [-0.1, -0.05) is 11.3 Å². The maximum absolute atomic E-state index is 13.0. The first-order chi connectivity index (χ1) is 12.8. The molecule has 0 unspecified atom stereocenters. The molecule has 1 aromatic carbocycles. The Labute approximate surface area is 158 Å². The van der Waals surface area contributed by atoms with E-state index in [9.17, 15) is 17.6 Å². The van der Waals surface area contributed by atoms with Gasteiger partial charge in [-0.25, -0.2) is 17.8 Å². The Morgan fingerprint density at radius 2 is 1.78 bits per heavy atom. The van der Waals surface area contributed by atoms with Crippen LogP contribution in [0.3, 0.4) is 0 Å². The molecule has 0 N–H and O–H groups in total. The molecule has 2 aromatic heterocycles. The van der Waals surface area contributed by atoms with Crippen molar-refractivity contribution in [1.82, 2.24) is 18.9 Å². The predicted octanol–water partition coefficient (Wildman–Crippen LogP) is 1.11. The molecule has 8 nitrogen and oxygen atoms in total. The van der Waals surface area contributed by atoms with Crippen molar-refractivity contribution in [1.29, 1.82) is 0 Å². The van der Waals surface area contributed by atoms with Gasteiger partial charge in [0.15, 0.2) is 0 Å². The van der Waals surface area contributed by atoms with E-state index in [4.69, 9.17) is 0 Å². The van der Waals surface area contributed by atoms with Gasteiger partial charge in [0.2, 0.25) is 20.1 Å². The van der Waals surface area contributed by atoms with E-state index in [-0.39, 0.29) is 23.5 Å². The van der Waals surface area contributed by atoms with E-state index in [1.54, 1.807) is 6.92 Å². The first kappa shape index (κ1) is 18.0. The highest BCUT2D eigenvalue weighted by Crippen LogP contribution is 2.24. The van der Waals surface area contributed by atoms with Gasteiger partial charge in [0.05, 0.1) is 4.90 Å². The van der Waals surface area contributed by atoms with Crippen LogP contribution < -0.4 is 10.5 Å². The molecule has 1 aliphatic rings. The van der Waals surface area contributed by atoms with Gasteiger partial charge in [0, 0.05) is 37.9 Å². The van der Waals surface area contributed by atoms with Crippen LogP contribution in [0, 0.1) is 12.7 Å². The second kappa shape index (κ2) is 6.66. The summed E-state index contributed by atoms with van der Waals surface area (Å²) in [4.78, 5) is 18.8. The molecule has 0 aliphatic carbocycles. The van der Waals surface area contributed by atoms with E-state index in [1.807, 2.05) is 4.90 Å². The third-order valence-electron chi connectivity index (χ3n) is 4.32. The topological polar surface area (TPSA) is 87.9 Å². The number of hydrogen-bond donors (Lipinski definition) is 0. The minimum Gasteiger partial charge on any atom is -0.344 e. The molecule has 1 aliphatic heterocycles. The van der Waals surface area contributed by atoms with E-state index in [0.29, 0.717) is 28.9 Å². The highest BCUT2D eigenvalue weighted by Gasteiger charge is 2.29. The highest BCUT2D eigenvalue weighted by molar-refractivity contribution is 7.89. The van der Waals surface area contributed by atoms with Crippen LogP contribution in [0.4, 0.5) is 9.52 Å². The normalized spacial score (nSPS) is 16.1. The van der Waals surface area contributed by atoms with E-state index in [1.165, 1.54) is 38.4 Å². The molecule has 142 valence electrons. The zero-order chi connectivity index (χ0) is 19.2. The average molecular weight is 409 g/mol. The largest absolute Gasteiger partial charge is 0.344 e. The Kier molecular flexibility index (Phi) is 4.44. The van der Waals surface area contributed by atoms with Gasteiger partial charge in [-0.2, -0.15) is 8.82 Å². The minimum atomic E-state index is -3.67. The van der Waals surface area contributed by atoms with E-state index in [0.717, 1.165) is 12.1 Å². The summed E-state index contributed by atoms with van der Waals surface area (Å²) >= 11 is 1.30. The lowest BCUT2D eigenvalue weighted by Gasteiger charge is -2.33. The first-order valence-corrected chi connectivity index (χ1v) is 10.5. The number of fused-ring (bicyclic) bond motifs is 1. The number of halogens is 1. The SMILES string of the molecule is Cc1cc(=O)n2nc(N3CCN(S(=O)(=O)c4ccc(F)cc4)CC3)sc2n1. The van der Waals surface area contributed by atoms with Crippen molar-refractivity contribution < 1.29 is 12.8 Å². The number of aryl methyl sites for hydroxylation is 1. The van der Waals surface area contributed by atoms with Gasteiger partial charge < -0.3 is 4.90 Å². The van der Waals surface area contributed by atoms with Crippen molar-refractivity contribution in [3.63, 3.8) is 0 Å². The molecule has 1 saturated heterocycles. The Morgan fingerprint density at radius 3 is 2.44 bits per heavy atom. The van der Waals surface area contributed by atoms with Crippen LogP contribution in [-0.4, -0.2) is 53.5 Å². The van der Waals surface area contributed by atoms with Crippen molar-refractivity contribution in [2.45, 2.75) is 11.8 Å². The molecular formula is C16H16FN5O3S2. The summed E-state index contributed by atoms with van der Waals surface area (Å²) in [6.07, 6.45) is 0. The summed E-state index contributed by atoms with van der Waals surface area (Å²) in [7, 11) is -3.67. The van der Waals surface area contributed by atoms with Crippen LogP contribution in [0.2, 0.25) is 0 Å². The Morgan fingerprint density at radius 1 is 1.11 bits per heavy atom. The summed E-state index contributed by atoms with van der Waals surface area (Å²) in [5.74, 6) is -0.478. The molecular weight excluding hydrogens is 393 g/mol. The third kappa shape index (κ3) is 3.33. The summed E-state index contributed by atoms with van der Waals surface area (Å²) < 4.78 is 41.0. The molecule has 27 heavy (non-hydrogen) atoms. The molecule has 0 saturated carbocycles. The number of aromatic nitrogens is 3. The fraction of sp³-hybridized carbons (Fsp3) is 0.312. The average Bonchev–Trinajstić information content (AvgIpc) is 3.06. The van der Waals surface area contributed by atoms with Gasteiger partial charge in [0.25, 0.3) is 5.56 Å². The first-order valence-electron chi connectivity index (χ1n) is 8.23. The van der Waals surface area contributed by atoms with Crippen molar-refractivity contribution in [3.8, 4) is 0 Å². The molecule has 1 fully saturated rings. The lowest BCUT2D eigenvalue weighted by Crippen LogP contribution is -2.48. The monoisotopic (exact) mass is 409 g/mol. The smallest absolute Gasteiger partial charge is 0.275 e. The van der Waals surface area contributed by atoms with Crippen molar-refractivity contribution in [2.75, 3.05) is 31.1 Å². The number of nitrogens with zero attached hydrogens (tertiary/aromatic N) is 5. The molecule has 3 heterocycles. The van der Waals surface area contributed by atoms with Gasteiger partial charge >= 0.3 is 0 Å². The molecule has 0 bridgehead atoms. The Hall–Kier alpha value is -2.37. The van der Waals surface area contributed by atoms with Crippen LogP contribution in [-0.2, 0) is 10.0 Å². The zero-order valence-corrected chi connectivity index (χ0v) is 16.0. The molecule has 0 amide bonds. The van der Waals surface area contributed by atoms with Crippen molar-refractivity contribution >= 4 is 31.5 Å². The summed E-state index contributed by atoms with van der Waals surface area (Å²) in [5, 5.41) is 4.94. The lowest BCUT2D eigenvalue weighted by atomic mass is 10.4. The number of benzene rings is 1. The van der Waals surface area contributed by atoms with E-state index < -0.39 is 15.8 Å². The number of sulfonamides is 1. The standard InChI is InChI=1S/C16H16FN5O3S2/c1-11-10-14(23)22-15(18-11)26-16(19-22)20-6-8-21(9-7-20)27(24,25)13-4-2-12(17)3-5-13/h2-5,10H,6-9H2,1H3. The van der Waals surface area contributed by atoms with Crippen LogP contribution in [0.15, 0.2) is 40.0 Å². The molecule has 4 rings (SSSR count). The number of piperazine rings is 1. The van der Waals surface area contributed by atoms with Crippen LogP contribution in [0.5, 0.6) is 0 Å². The minimum absolute atomic E-state index is 0.0727. The van der Waals surface area contributed by atoms with Crippen LogP contribution in [0.1, 0.15) is 5.69 Å². The number of rotatable bonds is 3. The lowest BCUT2D eigenvalue weighted by molar-refractivity contribution is 0.384. The van der Waals surface area contributed by atoms with E-state index in [2.05, 4.69) is 10.1 Å².